The van der Waals surface area contributed by atoms with Gasteiger partial charge in [0.2, 0.25) is 0 Å². The van der Waals surface area contributed by atoms with Crippen LogP contribution < -0.4 is 0 Å². The van der Waals surface area contributed by atoms with Crippen molar-refractivity contribution in [1.82, 2.24) is 0 Å². The third-order valence-electron chi connectivity index (χ3n) is 7.33. The van der Waals surface area contributed by atoms with Gasteiger partial charge in [0, 0.05) is 0 Å². The van der Waals surface area contributed by atoms with Gasteiger partial charge in [0.25, 0.3) is 0 Å². The van der Waals surface area contributed by atoms with Crippen molar-refractivity contribution in [3.8, 4) is 33.4 Å². The van der Waals surface area contributed by atoms with Gasteiger partial charge >= 0.3 is 0 Å². The van der Waals surface area contributed by atoms with E-state index in [0.717, 1.165) is 12.1 Å². The SMILES string of the molecule is [2H]c1cc(-c2c([2H])c([2H])c([2H])c3c2c([2H])c([2H])c2c([2H])c([2H])c([2H])c([2H])c23)c([2H])c(-c2c3cc([2H])c([2H])c([2H])c3c(-c3c([2H])c([2H])c([2H])c4c([2H])c([2H])c([2H])c([2H])c34)c3c([2H])c([2H])c([2H])c([2H])c23)c1[2H]. The van der Waals surface area contributed by atoms with E-state index in [1.54, 1.807) is 0 Å². The van der Waals surface area contributed by atoms with Crippen molar-refractivity contribution in [2.45, 2.75) is 0 Å². The van der Waals surface area contributed by atoms with E-state index in [-0.39, 0.29) is 0 Å². The van der Waals surface area contributed by atoms with Gasteiger partial charge in [-0.1, -0.05) is 163 Å². The van der Waals surface area contributed by atoms with Crippen LogP contribution in [0.25, 0.3) is 87.2 Å². The van der Waals surface area contributed by atoms with Crippen LogP contribution >= 0.6 is 0 Å². The first-order valence-electron chi connectivity index (χ1n) is 26.2. The Labute approximate surface area is 293 Å². The topological polar surface area (TPSA) is 0 Å². The summed E-state index contributed by atoms with van der Waals surface area (Å²) in [7, 11) is 0. The molecule has 0 fully saturated rings. The molecule has 0 aliphatic carbocycles. The first kappa shape index (κ1) is 10.2. The number of fused-ring (bicyclic) bond motifs is 6. The third-order valence-corrected chi connectivity index (χ3v) is 7.33. The number of hydrogen-bond acceptors (Lipinski definition) is 0. The monoisotopic (exact) mass is 582 g/mol. The van der Waals surface area contributed by atoms with Crippen molar-refractivity contribution in [2.75, 3.05) is 0 Å². The molecule has 0 heteroatoms. The van der Waals surface area contributed by atoms with Gasteiger partial charge in [-0.2, -0.15) is 0 Å². The summed E-state index contributed by atoms with van der Waals surface area (Å²) in [5.74, 6) is 0. The summed E-state index contributed by atoms with van der Waals surface area (Å²) in [5.41, 5.74) is -3.58. The van der Waals surface area contributed by atoms with Gasteiger partial charge in [-0.25, -0.2) is 0 Å². The van der Waals surface area contributed by atoms with E-state index in [1.165, 1.54) is 0 Å². The van der Waals surface area contributed by atoms with E-state index < -0.39 is 244 Å². The summed E-state index contributed by atoms with van der Waals surface area (Å²) in [6.07, 6.45) is 0. The minimum atomic E-state index is -0.935. The molecule has 44 heavy (non-hydrogen) atoms. The van der Waals surface area contributed by atoms with Gasteiger partial charge in [-0.3, -0.25) is 0 Å². The second kappa shape index (κ2) is 9.93. The quantitative estimate of drug-likeness (QED) is 0.144. The van der Waals surface area contributed by atoms with Crippen LogP contribution in [0.15, 0.2) is 169 Å². The van der Waals surface area contributed by atoms with E-state index in [4.69, 9.17) is 24.7 Å². The highest BCUT2D eigenvalue weighted by Crippen LogP contribution is 2.46. The average Bonchev–Trinajstić information content (AvgIpc) is 3.32. The first-order chi connectivity index (χ1) is 32.6. The Kier molecular flexibility index (Phi) is 2.30. The maximum Gasteiger partial charge on any atom is 0.0636 e. The smallest absolute Gasteiger partial charge is 0.0616 e. The van der Waals surface area contributed by atoms with Crippen molar-refractivity contribution in [3.05, 3.63) is 169 Å². The minimum absolute atomic E-state index is 0.442. The van der Waals surface area contributed by atoms with E-state index >= 15 is 0 Å². The average molecular weight is 583 g/mol. The Morgan fingerprint density at radius 3 is 1.73 bits per heavy atom. The van der Waals surface area contributed by atoms with Crippen molar-refractivity contribution in [3.63, 3.8) is 0 Å². The summed E-state index contributed by atoms with van der Waals surface area (Å²) in [4.78, 5) is 0. The molecule has 0 saturated carbocycles. The van der Waals surface area contributed by atoms with Gasteiger partial charge in [0.1, 0.15) is 0 Å². The summed E-state index contributed by atoms with van der Waals surface area (Å²) >= 11 is 0. The third kappa shape index (κ3) is 3.78. The van der Waals surface area contributed by atoms with Crippen LogP contribution in [0.5, 0.6) is 0 Å². The fraction of sp³-hybridized carbons (Fsp3) is 0. The largest absolute Gasteiger partial charge is 0.0636 e. The standard InChI is InChI=1S/C44H28/c1-4-18-34-29(12-1)14-10-25-38(34)44-41-21-7-5-19-39(41)43(40-20-6-8-22-42(40)44)32-16-9-15-31(28-32)35-23-11-24-36-33-17-3-2-13-30(33)26-27-37(35)36/h1-28H/i1D,2D,3D,4D,5D,6D,7D,8D,9D,10D,11D,12D,13D,14D,16D,17D,18D,19D,21D,22D,23D,24D,25D,26D,27D,28D. The van der Waals surface area contributed by atoms with Crippen molar-refractivity contribution >= 4 is 53.9 Å². The van der Waals surface area contributed by atoms with Gasteiger partial charge in [0.15, 0.2) is 0 Å². The fourth-order valence-electron chi connectivity index (χ4n) is 5.48. The summed E-state index contributed by atoms with van der Waals surface area (Å²) in [5, 5.41) is -5.35. The maximum absolute atomic E-state index is 9.90. The molecule has 0 unspecified atom stereocenters. The Morgan fingerprint density at radius 1 is 0.295 bits per heavy atom. The Balaban J connectivity index is 1.59. The molecule has 0 nitrogen and oxygen atoms in total. The molecule has 9 aromatic rings. The summed E-state index contributed by atoms with van der Waals surface area (Å²) < 4.78 is 233. The molecule has 9 aromatic carbocycles. The molecule has 0 N–H and O–H groups in total. The molecular weight excluding hydrogens is 528 g/mol. The van der Waals surface area contributed by atoms with E-state index in [2.05, 4.69) is 0 Å². The Morgan fingerprint density at radius 2 is 0.886 bits per heavy atom. The van der Waals surface area contributed by atoms with E-state index in [1.807, 2.05) is 0 Å². The zero-order valence-corrected chi connectivity index (χ0v) is 22.2. The Hall–Kier alpha value is -5.72. The Bertz CT molecular complexity index is 4000. The van der Waals surface area contributed by atoms with E-state index in [9.17, 15) is 11.0 Å². The first-order valence-corrected chi connectivity index (χ1v) is 13.2. The molecule has 0 atom stereocenters. The van der Waals surface area contributed by atoms with Gasteiger partial charge in [0.05, 0.1) is 35.6 Å². The van der Waals surface area contributed by atoms with Crippen molar-refractivity contribution in [2.24, 2.45) is 0 Å². The van der Waals surface area contributed by atoms with Gasteiger partial charge < -0.3 is 0 Å². The molecule has 0 aliphatic rings. The zero-order valence-electron chi connectivity index (χ0n) is 48.2. The van der Waals surface area contributed by atoms with Crippen LogP contribution in [-0.2, 0) is 0 Å². The molecule has 0 aliphatic heterocycles. The lowest BCUT2D eigenvalue weighted by Crippen LogP contribution is -1.92. The number of benzene rings is 9. The predicted octanol–water partition coefficient (Wildman–Crippen LogP) is 12.5. The van der Waals surface area contributed by atoms with Crippen LogP contribution in [0.2, 0.25) is 0 Å². The molecule has 0 aromatic heterocycles. The highest BCUT2D eigenvalue weighted by atomic mass is 14.2. The lowest BCUT2D eigenvalue weighted by atomic mass is 9.84. The van der Waals surface area contributed by atoms with Crippen LogP contribution in [0, 0.1) is 0 Å². The number of rotatable bonds is 3. The second-order valence-corrected chi connectivity index (χ2v) is 9.65. The van der Waals surface area contributed by atoms with Crippen molar-refractivity contribution in [1.29, 1.82) is 0 Å². The van der Waals surface area contributed by atoms with Gasteiger partial charge in [-0.15, -0.1) is 0 Å². The molecule has 0 radical (unpaired) electrons. The van der Waals surface area contributed by atoms with E-state index in [0.29, 0.717) is 0 Å². The van der Waals surface area contributed by atoms with Crippen LogP contribution in [0.1, 0.15) is 35.6 Å². The van der Waals surface area contributed by atoms with Crippen LogP contribution in [0.3, 0.4) is 0 Å². The normalized spacial score (nSPS) is 19.9. The molecule has 0 spiro atoms. The maximum atomic E-state index is 9.90. The van der Waals surface area contributed by atoms with Gasteiger partial charge in [-0.05, 0) is 93.3 Å². The predicted molar refractivity (Wildman–Crippen MR) is 190 cm³/mol. The molecule has 0 heterocycles. The molecule has 0 saturated heterocycles. The van der Waals surface area contributed by atoms with Crippen molar-refractivity contribution < 1.29 is 35.6 Å². The molecule has 9 rings (SSSR count). The molecule has 0 amide bonds. The minimum Gasteiger partial charge on any atom is -0.0616 e. The summed E-state index contributed by atoms with van der Waals surface area (Å²) in [6, 6.07) is -19.8. The number of hydrogen-bond donors (Lipinski definition) is 0. The highest BCUT2D eigenvalue weighted by Gasteiger charge is 2.18. The lowest BCUT2D eigenvalue weighted by molar-refractivity contribution is 1.64. The fourth-order valence-corrected chi connectivity index (χ4v) is 5.48. The zero-order chi connectivity index (χ0) is 51.7. The van der Waals surface area contributed by atoms with Crippen LogP contribution in [-0.4, -0.2) is 0 Å². The molecule has 204 valence electrons. The molecular formula is C44H28. The van der Waals surface area contributed by atoms with Crippen LogP contribution in [0.4, 0.5) is 0 Å². The summed E-state index contributed by atoms with van der Waals surface area (Å²) in [6.45, 7) is 0. The highest BCUT2D eigenvalue weighted by molar-refractivity contribution is 6.23. The lowest BCUT2D eigenvalue weighted by Gasteiger charge is -2.19. The molecule has 0 bridgehead atoms. The second-order valence-electron chi connectivity index (χ2n) is 9.65.